The van der Waals surface area contributed by atoms with E-state index >= 15 is 0 Å². The van der Waals surface area contributed by atoms with Crippen LogP contribution in [-0.2, 0) is 4.79 Å². The summed E-state index contributed by atoms with van der Waals surface area (Å²) < 4.78 is 7.02. The number of nitro benzene ring substituents is 1. The van der Waals surface area contributed by atoms with Crippen molar-refractivity contribution < 1.29 is 19.4 Å². The van der Waals surface area contributed by atoms with Gasteiger partial charge in [-0.15, -0.1) is 0 Å². The predicted molar refractivity (Wildman–Crippen MR) is 116 cm³/mol. The third-order valence-corrected chi connectivity index (χ3v) is 4.80. The van der Waals surface area contributed by atoms with Gasteiger partial charge in [-0.3, -0.25) is 29.7 Å². The fraction of sp³-hybridized carbons (Fsp3) is 0.238. The highest BCUT2D eigenvalue weighted by atomic mass is 16.6. The number of hydrogen-bond donors (Lipinski definition) is 1. The Hall–Kier alpha value is -4.28. The van der Waals surface area contributed by atoms with E-state index in [0.717, 1.165) is 11.1 Å². The Balaban J connectivity index is 1.87. The highest BCUT2D eigenvalue weighted by Gasteiger charge is 2.23. The summed E-state index contributed by atoms with van der Waals surface area (Å²) in [4.78, 5) is 33.9. The first-order chi connectivity index (χ1) is 15.0. The summed E-state index contributed by atoms with van der Waals surface area (Å²) in [5.41, 5.74) is 1.66. The minimum absolute atomic E-state index is 0.148. The molecule has 0 saturated carbocycles. The molecule has 0 bridgehead atoms. The first-order valence-corrected chi connectivity index (χ1v) is 9.60. The van der Waals surface area contributed by atoms with Crippen molar-refractivity contribution in [2.45, 2.75) is 33.7 Å². The highest BCUT2D eigenvalue weighted by Crippen LogP contribution is 2.32. The van der Waals surface area contributed by atoms with Gasteiger partial charge in [0.2, 0.25) is 5.91 Å². The zero-order valence-electron chi connectivity index (χ0n) is 17.9. The van der Waals surface area contributed by atoms with Gasteiger partial charge in [0, 0.05) is 12.1 Å². The van der Waals surface area contributed by atoms with Crippen molar-refractivity contribution in [3.05, 3.63) is 79.6 Å². The Morgan fingerprint density at radius 3 is 2.44 bits per heavy atom. The van der Waals surface area contributed by atoms with Crippen molar-refractivity contribution in [3.8, 4) is 11.5 Å². The van der Waals surface area contributed by atoms with E-state index in [9.17, 15) is 25.0 Å². The minimum atomic E-state index is -0.898. The Kier molecular flexibility index (Phi) is 6.19. The van der Waals surface area contributed by atoms with Crippen LogP contribution < -0.4 is 10.1 Å². The predicted octanol–water partition coefficient (Wildman–Crippen LogP) is 4.62. The van der Waals surface area contributed by atoms with E-state index in [1.165, 1.54) is 42.9 Å². The molecule has 0 aliphatic carbocycles. The molecular weight excluding hydrogens is 418 g/mol. The number of hydrogen-bond acceptors (Lipinski definition) is 7. The van der Waals surface area contributed by atoms with E-state index in [2.05, 4.69) is 10.4 Å². The maximum absolute atomic E-state index is 12.7. The molecule has 0 aliphatic heterocycles. The lowest BCUT2D eigenvalue weighted by Gasteiger charge is -2.14. The van der Waals surface area contributed by atoms with Crippen molar-refractivity contribution in [3.63, 3.8) is 0 Å². The second-order valence-electron chi connectivity index (χ2n) is 7.35. The number of nitrogens with zero attached hydrogens (tertiary/aromatic N) is 4. The molecule has 1 unspecified atom stereocenters. The number of nitro groups is 2. The van der Waals surface area contributed by atoms with E-state index in [1.807, 2.05) is 26.0 Å². The molecule has 11 heteroatoms. The molecule has 1 heterocycles. The quantitative estimate of drug-likeness (QED) is 0.418. The summed E-state index contributed by atoms with van der Waals surface area (Å²) in [6.07, 6.45) is 1.17. The monoisotopic (exact) mass is 439 g/mol. The van der Waals surface area contributed by atoms with Gasteiger partial charge < -0.3 is 10.1 Å². The fourth-order valence-electron chi connectivity index (χ4n) is 2.98. The molecule has 3 aromatic rings. The van der Waals surface area contributed by atoms with Gasteiger partial charge >= 0.3 is 5.69 Å². The number of benzene rings is 2. The maximum atomic E-state index is 12.7. The Labute approximate surface area is 182 Å². The zero-order chi connectivity index (χ0) is 23.6. The minimum Gasteiger partial charge on any atom is -0.457 e. The standard InChI is InChI=1S/C21H21N5O6/c1-12-5-6-13(2)20(7-12)32-18-9-16(8-17(10-18)25(28)29)22-21(27)15(4)24-11-19(26(30)31)14(3)23-24/h5-11,15H,1-4H3,(H,22,27). The molecule has 1 aromatic heterocycles. The molecule has 1 amide bonds. The normalized spacial score (nSPS) is 11.6. The van der Waals surface area contributed by atoms with E-state index in [-0.39, 0.29) is 28.5 Å². The molecule has 1 atom stereocenters. The smallest absolute Gasteiger partial charge is 0.309 e. The number of non-ortho nitro benzene ring substituents is 1. The van der Waals surface area contributed by atoms with Crippen molar-refractivity contribution in [2.24, 2.45) is 0 Å². The number of ether oxygens (including phenoxy) is 1. The van der Waals surface area contributed by atoms with Crippen LogP contribution in [0.15, 0.2) is 42.6 Å². The molecular formula is C21H21N5O6. The van der Waals surface area contributed by atoms with E-state index in [4.69, 9.17) is 4.74 Å². The fourth-order valence-corrected chi connectivity index (χ4v) is 2.98. The molecule has 32 heavy (non-hydrogen) atoms. The SMILES string of the molecule is Cc1ccc(C)c(Oc2cc(NC(=O)C(C)n3cc([N+](=O)[O-])c(C)n3)cc([N+](=O)[O-])c2)c1. The topological polar surface area (TPSA) is 142 Å². The first-order valence-electron chi connectivity index (χ1n) is 9.60. The third kappa shape index (κ3) is 4.89. The van der Waals surface area contributed by atoms with E-state index < -0.39 is 21.8 Å². The van der Waals surface area contributed by atoms with Gasteiger partial charge in [0.25, 0.3) is 5.69 Å². The number of amides is 1. The van der Waals surface area contributed by atoms with Crippen molar-refractivity contribution in [2.75, 3.05) is 5.32 Å². The van der Waals surface area contributed by atoms with Gasteiger partial charge in [0.05, 0.1) is 21.6 Å². The second-order valence-corrected chi connectivity index (χ2v) is 7.35. The van der Waals surface area contributed by atoms with Crippen LogP contribution in [0.2, 0.25) is 0 Å². The number of aromatic nitrogens is 2. The van der Waals surface area contributed by atoms with Gasteiger partial charge in [-0.2, -0.15) is 5.10 Å². The van der Waals surface area contributed by atoms with Crippen LogP contribution in [0.3, 0.4) is 0 Å². The van der Waals surface area contributed by atoms with Crippen LogP contribution in [0.5, 0.6) is 11.5 Å². The maximum Gasteiger partial charge on any atom is 0.309 e. The number of anilines is 1. The van der Waals surface area contributed by atoms with Crippen LogP contribution >= 0.6 is 0 Å². The number of rotatable bonds is 7. The molecule has 0 spiro atoms. The van der Waals surface area contributed by atoms with Crippen molar-refractivity contribution in [1.29, 1.82) is 0 Å². The summed E-state index contributed by atoms with van der Waals surface area (Å²) in [6.45, 7) is 6.73. The molecule has 166 valence electrons. The van der Waals surface area contributed by atoms with Gasteiger partial charge in [-0.05, 0) is 44.9 Å². The zero-order valence-corrected chi connectivity index (χ0v) is 17.9. The Bertz CT molecular complexity index is 1220. The molecule has 0 radical (unpaired) electrons. The van der Waals surface area contributed by atoms with E-state index in [1.54, 1.807) is 6.07 Å². The summed E-state index contributed by atoms with van der Waals surface area (Å²) in [5.74, 6) is 0.164. The number of carbonyl (C=O) groups excluding carboxylic acids is 1. The molecule has 3 rings (SSSR count). The summed E-state index contributed by atoms with van der Waals surface area (Å²) in [5, 5.41) is 29.0. The lowest BCUT2D eigenvalue weighted by molar-refractivity contribution is -0.385. The molecule has 2 aromatic carbocycles. The lowest BCUT2D eigenvalue weighted by Crippen LogP contribution is -2.24. The molecule has 0 saturated heterocycles. The lowest BCUT2D eigenvalue weighted by atomic mass is 10.1. The summed E-state index contributed by atoms with van der Waals surface area (Å²) >= 11 is 0. The van der Waals surface area contributed by atoms with E-state index in [0.29, 0.717) is 5.75 Å². The van der Waals surface area contributed by atoms with Gasteiger partial charge in [0.15, 0.2) is 0 Å². The highest BCUT2D eigenvalue weighted by molar-refractivity contribution is 5.94. The van der Waals surface area contributed by atoms with Crippen molar-refractivity contribution in [1.82, 2.24) is 9.78 Å². The largest absolute Gasteiger partial charge is 0.457 e. The van der Waals surface area contributed by atoms with Crippen LogP contribution in [0.4, 0.5) is 17.1 Å². The summed E-state index contributed by atoms with van der Waals surface area (Å²) in [7, 11) is 0. The Morgan fingerprint density at radius 2 is 1.81 bits per heavy atom. The molecule has 0 aliphatic rings. The Morgan fingerprint density at radius 1 is 1.09 bits per heavy atom. The van der Waals surface area contributed by atoms with Gasteiger partial charge in [0.1, 0.15) is 29.4 Å². The van der Waals surface area contributed by atoms with Gasteiger partial charge in [-0.1, -0.05) is 12.1 Å². The van der Waals surface area contributed by atoms with Gasteiger partial charge in [-0.25, -0.2) is 0 Å². The molecule has 11 nitrogen and oxygen atoms in total. The van der Waals surface area contributed by atoms with Crippen molar-refractivity contribution >= 4 is 23.0 Å². The number of nitrogens with one attached hydrogen (secondary N) is 1. The average Bonchev–Trinajstić information content (AvgIpc) is 3.11. The molecule has 1 N–H and O–H groups in total. The average molecular weight is 439 g/mol. The third-order valence-electron chi connectivity index (χ3n) is 4.80. The second kappa shape index (κ2) is 8.84. The van der Waals surface area contributed by atoms with Crippen LogP contribution in [0.1, 0.15) is 29.8 Å². The van der Waals surface area contributed by atoms with Crippen LogP contribution in [0.25, 0.3) is 0 Å². The first kappa shape index (κ1) is 22.4. The summed E-state index contributed by atoms with van der Waals surface area (Å²) in [6, 6.07) is 8.64. The number of aryl methyl sites for hydroxylation is 3. The van der Waals surface area contributed by atoms with Crippen LogP contribution in [0, 0.1) is 41.0 Å². The molecule has 0 fully saturated rings. The van der Waals surface area contributed by atoms with Crippen LogP contribution in [-0.4, -0.2) is 25.5 Å². The number of carbonyl (C=O) groups is 1.